The molecule has 1 aliphatic rings. The van der Waals surface area contributed by atoms with Crippen molar-refractivity contribution in [1.29, 1.82) is 0 Å². The van der Waals surface area contributed by atoms with Gasteiger partial charge in [0.2, 0.25) is 0 Å². The van der Waals surface area contributed by atoms with E-state index in [1.54, 1.807) is 31.3 Å². The first-order valence-electron chi connectivity index (χ1n) is 7.93. The molecule has 0 saturated heterocycles. The highest BCUT2D eigenvalue weighted by Gasteiger charge is 2.49. The zero-order valence-electron chi connectivity index (χ0n) is 14.2. The quantitative estimate of drug-likeness (QED) is 0.443. The molecular formula is C19H19N5O2. The molecule has 2 aromatic rings. The van der Waals surface area contributed by atoms with Crippen LogP contribution in [-0.4, -0.2) is 34.8 Å². The minimum absolute atomic E-state index is 0.135. The Labute approximate surface area is 151 Å². The number of nitrogens with zero attached hydrogens (tertiary/aromatic N) is 3. The monoisotopic (exact) mass is 349 g/mol. The lowest BCUT2D eigenvalue weighted by Crippen LogP contribution is -2.41. The van der Waals surface area contributed by atoms with Crippen molar-refractivity contribution in [3.05, 3.63) is 78.1 Å². The van der Waals surface area contributed by atoms with Crippen LogP contribution in [0.25, 0.3) is 0 Å². The van der Waals surface area contributed by atoms with Gasteiger partial charge in [0.05, 0.1) is 11.9 Å². The van der Waals surface area contributed by atoms with Gasteiger partial charge in [-0.2, -0.15) is 0 Å². The molecule has 0 saturated carbocycles. The molecule has 1 unspecified atom stereocenters. The van der Waals surface area contributed by atoms with Crippen molar-refractivity contribution in [2.24, 2.45) is 21.5 Å². The van der Waals surface area contributed by atoms with Crippen molar-refractivity contribution < 1.29 is 9.90 Å². The number of amides is 1. The Morgan fingerprint density at radius 2 is 1.88 bits per heavy atom. The minimum atomic E-state index is -1.27. The number of rotatable bonds is 4. The summed E-state index contributed by atoms with van der Waals surface area (Å²) in [5, 5.41) is 8.80. The second kappa shape index (κ2) is 6.72. The van der Waals surface area contributed by atoms with Crippen molar-refractivity contribution in [3.8, 4) is 0 Å². The lowest BCUT2D eigenvalue weighted by molar-refractivity contribution is -0.129. The van der Waals surface area contributed by atoms with Crippen LogP contribution in [0.3, 0.4) is 0 Å². The molecule has 0 aromatic heterocycles. The summed E-state index contributed by atoms with van der Waals surface area (Å²) in [5.41, 5.74) is 12.3. The van der Waals surface area contributed by atoms with Gasteiger partial charge in [-0.15, -0.1) is 0 Å². The van der Waals surface area contributed by atoms with E-state index in [4.69, 9.17) is 16.6 Å². The number of aliphatic imine (C=N–C) groups is 2. The highest BCUT2D eigenvalue weighted by molar-refractivity contribution is 6.09. The lowest BCUT2D eigenvalue weighted by atomic mass is 9.82. The summed E-state index contributed by atoms with van der Waals surface area (Å²) >= 11 is 0. The molecule has 0 fully saturated rings. The number of benzene rings is 2. The Kier molecular flexibility index (Phi) is 4.45. The number of nitrogens with two attached hydrogens (primary N) is 2. The highest BCUT2D eigenvalue weighted by Crippen LogP contribution is 2.40. The summed E-state index contributed by atoms with van der Waals surface area (Å²) in [7, 11) is 1.60. The normalized spacial score (nSPS) is 20.7. The van der Waals surface area contributed by atoms with Crippen LogP contribution in [0.4, 0.5) is 5.69 Å². The zero-order valence-corrected chi connectivity index (χ0v) is 14.2. The van der Waals surface area contributed by atoms with E-state index in [1.165, 1.54) is 11.0 Å². The van der Waals surface area contributed by atoms with Gasteiger partial charge >= 0.3 is 0 Å². The van der Waals surface area contributed by atoms with Crippen LogP contribution in [0.2, 0.25) is 0 Å². The summed E-state index contributed by atoms with van der Waals surface area (Å²) in [6.45, 7) is 0. The van der Waals surface area contributed by atoms with Crippen LogP contribution >= 0.6 is 0 Å². The van der Waals surface area contributed by atoms with Gasteiger partial charge < -0.3 is 16.6 Å². The molecule has 7 nitrogen and oxygen atoms in total. The van der Waals surface area contributed by atoms with Gasteiger partial charge in [-0.1, -0.05) is 42.5 Å². The first-order valence-corrected chi connectivity index (χ1v) is 7.93. The fraction of sp³-hybridized carbons (Fsp3) is 0.105. The third-order valence-corrected chi connectivity index (χ3v) is 4.20. The SMILES string of the molecule is CN1C(=O)C(c2ccccc2)(c2cccc(N=C(N)/C=C\O)c2)N=C1N. The van der Waals surface area contributed by atoms with E-state index in [1.807, 2.05) is 30.3 Å². The molecule has 3 rings (SSSR count). The molecule has 5 N–H and O–H groups in total. The van der Waals surface area contributed by atoms with Crippen LogP contribution in [0, 0.1) is 0 Å². The first-order chi connectivity index (χ1) is 12.5. The second-order valence-corrected chi connectivity index (χ2v) is 5.81. The fourth-order valence-electron chi connectivity index (χ4n) is 2.93. The summed E-state index contributed by atoms with van der Waals surface area (Å²) in [6, 6.07) is 16.3. The molecule has 7 heteroatoms. The Hall–Kier alpha value is -3.61. The van der Waals surface area contributed by atoms with E-state index >= 15 is 0 Å². The molecule has 2 aromatic carbocycles. The van der Waals surface area contributed by atoms with Crippen molar-refractivity contribution in [1.82, 2.24) is 4.90 Å². The Morgan fingerprint density at radius 3 is 2.50 bits per heavy atom. The van der Waals surface area contributed by atoms with Gasteiger partial charge in [0.15, 0.2) is 11.5 Å². The first kappa shape index (κ1) is 17.2. The van der Waals surface area contributed by atoms with Crippen molar-refractivity contribution >= 4 is 23.4 Å². The molecule has 0 radical (unpaired) electrons. The zero-order chi connectivity index (χ0) is 18.7. The van der Waals surface area contributed by atoms with E-state index in [2.05, 4.69) is 9.98 Å². The summed E-state index contributed by atoms with van der Waals surface area (Å²) in [4.78, 5) is 23.2. The average molecular weight is 349 g/mol. The Balaban J connectivity index is 2.20. The topological polar surface area (TPSA) is 117 Å². The minimum Gasteiger partial charge on any atom is -0.515 e. The summed E-state index contributed by atoms with van der Waals surface area (Å²) in [6.07, 6.45) is 2.08. The van der Waals surface area contributed by atoms with Gasteiger partial charge in [-0.3, -0.25) is 9.69 Å². The third kappa shape index (κ3) is 2.79. The fourth-order valence-corrected chi connectivity index (χ4v) is 2.93. The number of aliphatic hydroxyl groups is 1. The van der Waals surface area contributed by atoms with Gasteiger partial charge in [0.1, 0.15) is 5.84 Å². The van der Waals surface area contributed by atoms with Crippen molar-refractivity contribution in [3.63, 3.8) is 0 Å². The number of aliphatic hydroxyl groups excluding tert-OH is 1. The maximum Gasteiger partial charge on any atom is 0.266 e. The van der Waals surface area contributed by atoms with Gasteiger partial charge in [-0.05, 0) is 23.3 Å². The second-order valence-electron chi connectivity index (χ2n) is 5.81. The van der Waals surface area contributed by atoms with Gasteiger partial charge in [0.25, 0.3) is 5.91 Å². The van der Waals surface area contributed by atoms with E-state index in [0.29, 0.717) is 16.8 Å². The largest absolute Gasteiger partial charge is 0.515 e. The number of hydrogen-bond acceptors (Lipinski definition) is 5. The summed E-state index contributed by atoms with van der Waals surface area (Å²) in [5.74, 6) is 0.0392. The van der Waals surface area contributed by atoms with Crippen LogP contribution in [0.15, 0.2) is 76.9 Å². The molecule has 1 aliphatic heterocycles. The molecular weight excluding hydrogens is 330 g/mol. The maximum absolute atomic E-state index is 13.1. The number of amidine groups is 1. The number of likely N-dealkylation sites (N-methyl/N-ethyl adjacent to an activating group) is 1. The standard InChI is InChI=1S/C19H19N5O2/c1-24-17(26)19(23-18(24)21,13-6-3-2-4-7-13)14-8-5-9-15(12-14)22-16(20)10-11-25/h2-12,25H,1H3,(H2,20,22)(H2,21,23)/b11-10-. The van der Waals surface area contributed by atoms with Crippen molar-refractivity contribution in [2.45, 2.75) is 5.54 Å². The maximum atomic E-state index is 13.1. The molecule has 1 atom stereocenters. The molecule has 1 amide bonds. The van der Waals surface area contributed by atoms with E-state index in [-0.39, 0.29) is 17.7 Å². The molecule has 0 aliphatic carbocycles. The summed E-state index contributed by atoms with van der Waals surface area (Å²) < 4.78 is 0. The van der Waals surface area contributed by atoms with Crippen LogP contribution in [0.1, 0.15) is 11.1 Å². The van der Waals surface area contributed by atoms with Crippen LogP contribution in [-0.2, 0) is 10.3 Å². The van der Waals surface area contributed by atoms with E-state index in [0.717, 1.165) is 6.26 Å². The predicted octanol–water partition coefficient (Wildman–Crippen LogP) is 1.78. The van der Waals surface area contributed by atoms with E-state index < -0.39 is 5.54 Å². The number of carbonyl (C=O) groups excluding carboxylic acids is 1. The Morgan fingerprint density at radius 1 is 1.19 bits per heavy atom. The smallest absolute Gasteiger partial charge is 0.266 e. The average Bonchev–Trinajstić information content (AvgIpc) is 2.88. The third-order valence-electron chi connectivity index (χ3n) is 4.20. The molecule has 0 spiro atoms. The predicted molar refractivity (Wildman–Crippen MR) is 101 cm³/mol. The molecule has 0 bridgehead atoms. The molecule has 1 heterocycles. The van der Waals surface area contributed by atoms with Crippen LogP contribution in [0.5, 0.6) is 0 Å². The number of guanidine groups is 1. The van der Waals surface area contributed by atoms with Gasteiger partial charge in [-0.25, -0.2) is 9.98 Å². The Bertz CT molecular complexity index is 921. The molecule has 132 valence electrons. The number of hydrogen-bond donors (Lipinski definition) is 3. The van der Waals surface area contributed by atoms with Crippen molar-refractivity contribution in [2.75, 3.05) is 7.05 Å². The van der Waals surface area contributed by atoms with E-state index in [9.17, 15) is 4.79 Å². The molecule has 26 heavy (non-hydrogen) atoms. The van der Waals surface area contributed by atoms with Gasteiger partial charge in [0, 0.05) is 13.1 Å². The van der Waals surface area contributed by atoms with Crippen LogP contribution < -0.4 is 11.5 Å². The lowest BCUT2D eigenvalue weighted by Gasteiger charge is -2.26. The highest BCUT2D eigenvalue weighted by atomic mass is 16.2. The number of carbonyl (C=O) groups is 1.